The van der Waals surface area contributed by atoms with Gasteiger partial charge in [0.15, 0.2) is 0 Å². The first-order valence-corrected chi connectivity index (χ1v) is 9.49. The highest BCUT2D eigenvalue weighted by atomic mass is 32.2. The number of benzene rings is 1. The molecule has 8 heteroatoms. The molecule has 0 unspecified atom stereocenters. The van der Waals surface area contributed by atoms with Crippen molar-refractivity contribution in [1.82, 2.24) is 0 Å². The zero-order valence-corrected chi connectivity index (χ0v) is 16.6. The molecule has 0 N–H and O–H groups in total. The van der Waals surface area contributed by atoms with Crippen molar-refractivity contribution in [1.29, 1.82) is 0 Å². The van der Waals surface area contributed by atoms with E-state index >= 15 is 0 Å². The van der Waals surface area contributed by atoms with E-state index in [1.807, 2.05) is 31.2 Å². The fraction of sp³-hybridized carbons (Fsp3) is 0.526. The van der Waals surface area contributed by atoms with E-state index in [9.17, 15) is 14.4 Å². The monoisotopic (exact) mass is 396 g/mol. The molecule has 0 aromatic heterocycles. The van der Waals surface area contributed by atoms with Crippen LogP contribution in [0.2, 0.25) is 0 Å². The van der Waals surface area contributed by atoms with Crippen LogP contribution in [0.25, 0.3) is 0 Å². The number of hydrogen-bond acceptors (Lipinski definition) is 8. The summed E-state index contributed by atoms with van der Waals surface area (Å²) in [6, 6.07) is 7.83. The summed E-state index contributed by atoms with van der Waals surface area (Å²) < 4.78 is 21.5. The van der Waals surface area contributed by atoms with Gasteiger partial charge in [-0.3, -0.25) is 14.4 Å². The summed E-state index contributed by atoms with van der Waals surface area (Å²) >= 11 is 1.52. The number of ether oxygens (including phenoxy) is 4. The van der Waals surface area contributed by atoms with Gasteiger partial charge in [0.1, 0.15) is 18.8 Å². The lowest BCUT2D eigenvalue weighted by atomic mass is 10.0. The number of esters is 3. The SMILES string of the molecule is CC(=O)OC[C@H]1O[C@H](OC(C)=O)C[C@H](Sc2ccccc2C)[C@@H]1OC(C)=O. The molecule has 1 aromatic rings. The Labute approximate surface area is 162 Å². The van der Waals surface area contributed by atoms with Crippen LogP contribution in [0.1, 0.15) is 32.8 Å². The number of carbonyl (C=O) groups is 3. The maximum absolute atomic E-state index is 11.6. The molecule has 0 radical (unpaired) electrons. The summed E-state index contributed by atoms with van der Waals surface area (Å²) in [5, 5.41) is -0.242. The molecule has 27 heavy (non-hydrogen) atoms. The molecule has 0 bridgehead atoms. The average molecular weight is 396 g/mol. The van der Waals surface area contributed by atoms with E-state index < -0.39 is 36.4 Å². The maximum atomic E-state index is 11.6. The van der Waals surface area contributed by atoms with Crippen LogP contribution in [0.5, 0.6) is 0 Å². The van der Waals surface area contributed by atoms with Gasteiger partial charge in [0, 0.05) is 32.1 Å². The minimum Gasteiger partial charge on any atom is -0.463 e. The second-order valence-electron chi connectivity index (χ2n) is 6.25. The molecule has 1 saturated heterocycles. The summed E-state index contributed by atoms with van der Waals surface area (Å²) in [5.74, 6) is -1.41. The van der Waals surface area contributed by atoms with Gasteiger partial charge in [-0.2, -0.15) is 0 Å². The highest BCUT2D eigenvalue weighted by molar-refractivity contribution is 8.00. The van der Waals surface area contributed by atoms with Crippen LogP contribution in [-0.2, 0) is 33.3 Å². The predicted molar refractivity (Wildman–Crippen MR) is 98.1 cm³/mol. The number of thioether (sulfide) groups is 1. The van der Waals surface area contributed by atoms with Gasteiger partial charge < -0.3 is 18.9 Å². The highest BCUT2D eigenvalue weighted by Crippen LogP contribution is 2.37. The lowest BCUT2D eigenvalue weighted by molar-refractivity contribution is -0.232. The molecule has 0 spiro atoms. The van der Waals surface area contributed by atoms with E-state index in [0.29, 0.717) is 6.42 Å². The number of aryl methyl sites for hydroxylation is 1. The summed E-state index contributed by atoms with van der Waals surface area (Å²) in [5.41, 5.74) is 1.08. The van der Waals surface area contributed by atoms with Gasteiger partial charge >= 0.3 is 17.9 Å². The molecular formula is C19H24O7S. The Balaban J connectivity index is 2.27. The van der Waals surface area contributed by atoms with Crippen LogP contribution in [-0.4, -0.2) is 48.3 Å². The van der Waals surface area contributed by atoms with Crippen LogP contribution in [0.3, 0.4) is 0 Å². The van der Waals surface area contributed by atoms with Crippen molar-refractivity contribution in [3.8, 4) is 0 Å². The average Bonchev–Trinajstić information content (AvgIpc) is 2.56. The lowest BCUT2D eigenvalue weighted by Crippen LogP contribution is -2.52. The zero-order valence-electron chi connectivity index (χ0n) is 15.8. The van der Waals surface area contributed by atoms with Crippen LogP contribution in [0, 0.1) is 6.92 Å². The molecule has 0 aliphatic carbocycles. The van der Waals surface area contributed by atoms with Gasteiger partial charge in [-0.15, -0.1) is 11.8 Å². The topological polar surface area (TPSA) is 88.1 Å². The van der Waals surface area contributed by atoms with E-state index in [4.69, 9.17) is 18.9 Å². The molecule has 4 atom stereocenters. The molecule has 2 rings (SSSR count). The van der Waals surface area contributed by atoms with E-state index in [2.05, 4.69) is 0 Å². The molecule has 1 fully saturated rings. The van der Waals surface area contributed by atoms with Gasteiger partial charge in [-0.25, -0.2) is 0 Å². The van der Waals surface area contributed by atoms with Gasteiger partial charge in [-0.1, -0.05) is 18.2 Å². The summed E-state index contributed by atoms with van der Waals surface area (Å²) in [7, 11) is 0. The van der Waals surface area contributed by atoms with Crippen LogP contribution in [0.4, 0.5) is 0 Å². The zero-order chi connectivity index (χ0) is 20.0. The second kappa shape index (κ2) is 9.75. The van der Waals surface area contributed by atoms with E-state index in [0.717, 1.165) is 10.5 Å². The van der Waals surface area contributed by atoms with Crippen molar-refractivity contribution in [2.45, 2.75) is 62.8 Å². The van der Waals surface area contributed by atoms with Crippen molar-refractivity contribution < 1.29 is 33.3 Å². The van der Waals surface area contributed by atoms with E-state index in [1.54, 1.807) is 0 Å². The summed E-state index contributed by atoms with van der Waals surface area (Å²) in [6.45, 7) is 5.79. The van der Waals surface area contributed by atoms with Crippen LogP contribution in [0.15, 0.2) is 29.2 Å². The van der Waals surface area contributed by atoms with Crippen molar-refractivity contribution in [3.63, 3.8) is 0 Å². The molecule has 148 valence electrons. The fourth-order valence-electron chi connectivity index (χ4n) is 2.80. The minimum absolute atomic E-state index is 0.101. The summed E-state index contributed by atoms with van der Waals surface area (Å²) in [4.78, 5) is 35.3. The number of hydrogen-bond donors (Lipinski definition) is 0. The van der Waals surface area contributed by atoms with Gasteiger partial charge in [0.05, 0.1) is 5.25 Å². The quantitative estimate of drug-likeness (QED) is 0.536. The molecule has 0 saturated carbocycles. The highest BCUT2D eigenvalue weighted by Gasteiger charge is 2.43. The standard InChI is InChI=1S/C19H24O7S/c1-11-7-5-6-8-16(11)27-17-9-18(24-13(3)21)26-15(10-23-12(2)20)19(17)25-14(4)22/h5-8,15,17-19H,9-10H2,1-4H3/t15-,17+,18+,19-/m1/s1. The first kappa shape index (κ1) is 21.2. The molecule has 1 heterocycles. The van der Waals surface area contributed by atoms with E-state index in [1.165, 1.54) is 32.5 Å². The van der Waals surface area contributed by atoms with Crippen LogP contribution >= 0.6 is 11.8 Å². The molecule has 1 aliphatic heterocycles. The maximum Gasteiger partial charge on any atom is 0.304 e. The minimum atomic E-state index is -0.809. The number of carbonyl (C=O) groups excluding carboxylic acids is 3. The Morgan fingerprint density at radius 1 is 1.07 bits per heavy atom. The Bertz CT molecular complexity index is 690. The Kier molecular flexibility index (Phi) is 7.67. The molecule has 1 aliphatic rings. The third-order valence-electron chi connectivity index (χ3n) is 3.91. The normalized spacial score (nSPS) is 24.7. The fourth-order valence-corrected chi connectivity index (χ4v) is 4.15. The van der Waals surface area contributed by atoms with Gasteiger partial charge in [0.2, 0.25) is 6.29 Å². The van der Waals surface area contributed by atoms with Crippen LogP contribution < -0.4 is 0 Å². The Morgan fingerprint density at radius 2 is 1.74 bits per heavy atom. The smallest absolute Gasteiger partial charge is 0.304 e. The van der Waals surface area contributed by atoms with Gasteiger partial charge in [0.25, 0.3) is 0 Å². The molecule has 1 aromatic carbocycles. The lowest BCUT2D eigenvalue weighted by Gasteiger charge is -2.40. The van der Waals surface area contributed by atoms with E-state index in [-0.39, 0.29) is 11.9 Å². The molecular weight excluding hydrogens is 372 g/mol. The first-order valence-electron chi connectivity index (χ1n) is 8.61. The van der Waals surface area contributed by atoms with Gasteiger partial charge in [-0.05, 0) is 18.6 Å². The van der Waals surface area contributed by atoms with Crippen molar-refractivity contribution in [2.75, 3.05) is 6.61 Å². The second-order valence-corrected chi connectivity index (χ2v) is 7.53. The predicted octanol–water partition coefficient (Wildman–Crippen LogP) is 2.63. The Hall–Kier alpha value is -2.06. The number of rotatable bonds is 6. The van der Waals surface area contributed by atoms with Crippen molar-refractivity contribution >= 4 is 29.7 Å². The first-order chi connectivity index (χ1) is 12.8. The largest absolute Gasteiger partial charge is 0.463 e. The van der Waals surface area contributed by atoms with Crippen molar-refractivity contribution in [3.05, 3.63) is 29.8 Å². The third kappa shape index (κ3) is 6.55. The third-order valence-corrected chi connectivity index (χ3v) is 5.38. The molecule has 7 nitrogen and oxygen atoms in total. The Morgan fingerprint density at radius 3 is 2.33 bits per heavy atom. The van der Waals surface area contributed by atoms with Crippen molar-refractivity contribution in [2.24, 2.45) is 0 Å². The molecule has 0 amide bonds. The summed E-state index contributed by atoms with van der Waals surface area (Å²) in [6.07, 6.45) is -1.86.